The fourth-order valence-electron chi connectivity index (χ4n) is 3.65. The Bertz CT molecular complexity index is 635. The van der Waals surface area contributed by atoms with E-state index in [0.29, 0.717) is 12.0 Å². The van der Waals surface area contributed by atoms with Crippen molar-refractivity contribution in [3.8, 4) is 0 Å². The van der Waals surface area contributed by atoms with Crippen molar-refractivity contribution in [3.63, 3.8) is 0 Å². The largest absolute Gasteiger partial charge is 0.383 e. The first kappa shape index (κ1) is 16.2. The summed E-state index contributed by atoms with van der Waals surface area (Å²) in [7, 11) is 1.73. The van der Waals surface area contributed by atoms with Gasteiger partial charge in [-0.15, -0.1) is 0 Å². The van der Waals surface area contributed by atoms with E-state index in [9.17, 15) is 0 Å². The van der Waals surface area contributed by atoms with Crippen LogP contribution in [0.25, 0.3) is 0 Å². The van der Waals surface area contributed by atoms with E-state index in [1.807, 2.05) is 12.4 Å². The van der Waals surface area contributed by atoms with Gasteiger partial charge in [0.05, 0.1) is 13.2 Å². The smallest absolute Gasteiger partial charge is 0.122 e. The van der Waals surface area contributed by atoms with Gasteiger partial charge in [0, 0.05) is 38.0 Å². The summed E-state index contributed by atoms with van der Waals surface area (Å²) < 4.78 is 7.31. The number of nitrogens with zero attached hydrogens (tertiary/aromatic N) is 2. The minimum Gasteiger partial charge on any atom is -0.383 e. The molecule has 4 heteroatoms. The lowest BCUT2D eigenvalue weighted by molar-refractivity contribution is 0.186. The molecule has 1 aromatic carbocycles. The summed E-state index contributed by atoms with van der Waals surface area (Å²) in [6, 6.07) is 10.9. The maximum Gasteiger partial charge on any atom is 0.122 e. The number of nitrogens with one attached hydrogen (secondary N) is 1. The van der Waals surface area contributed by atoms with Gasteiger partial charge < -0.3 is 14.6 Å². The maximum absolute atomic E-state index is 5.15. The van der Waals surface area contributed by atoms with Gasteiger partial charge in [-0.05, 0) is 17.4 Å². The zero-order chi connectivity index (χ0) is 16.3. The van der Waals surface area contributed by atoms with Crippen LogP contribution in [0.3, 0.4) is 0 Å². The second-order valence-corrected chi connectivity index (χ2v) is 7.14. The number of hydrogen-bond donors (Lipinski definition) is 1. The quantitative estimate of drug-likeness (QED) is 0.814. The zero-order valence-electron chi connectivity index (χ0n) is 14.4. The molecule has 1 N–H and O–H groups in total. The molecule has 1 saturated carbocycles. The highest BCUT2D eigenvalue weighted by Crippen LogP contribution is 2.63. The molecular formula is C19H27N3O. The number of aromatic nitrogens is 2. The van der Waals surface area contributed by atoms with E-state index in [0.717, 1.165) is 25.5 Å². The molecule has 0 saturated heterocycles. The lowest BCUT2D eigenvalue weighted by Gasteiger charge is -2.22. The fraction of sp³-hybridized carbons (Fsp3) is 0.526. The number of benzene rings is 1. The summed E-state index contributed by atoms with van der Waals surface area (Å²) in [5.74, 6) is 1.07. The Morgan fingerprint density at radius 1 is 1.26 bits per heavy atom. The molecule has 23 heavy (non-hydrogen) atoms. The van der Waals surface area contributed by atoms with E-state index < -0.39 is 0 Å². The normalized spacial score (nSPS) is 22.2. The lowest BCUT2D eigenvalue weighted by atomic mass is 9.88. The SMILES string of the molecule is COCCn1ccnc1CNCC1(c2ccccc2)CC1(C)C. The highest BCUT2D eigenvalue weighted by Gasteiger charge is 2.61. The second-order valence-electron chi connectivity index (χ2n) is 7.14. The number of methoxy groups -OCH3 is 1. The minimum atomic E-state index is 0.248. The summed E-state index contributed by atoms with van der Waals surface area (Å²) in [6.45, 7) is 8.07. The molecule has 1 aliphatic carbocycles. The van der Waals surface area contributed by atoms with Crippen molar-refractivity contribution in [1.82, 2.24) is 14.9 Å². The Hall–Kier alpha value is -1.65. The van der Waals surface area contributed by atoms with Gasteiger partial charge >= 0.3 is 0 Å². The molecule has 1 fully saturated rings. The first-order valence-corrected chi connectivity index (χ1v) is 8.34. The van der Waals surface area contributed by atoms with Crippen molar-refractivity contribution in [2.24, 2.45) is 5.41 Å². The molecule has 1 aromatic heterocycles. The van der Waals surface area contributed by atoms with Gasteiger partial charge in [-0.25, -0.2) is 4.98 Å². The van der Waals surface area contributed by atoms with Crippen molar-refractivity contribution >= 4 is 0 Å². The van der Waals surface area contributed by atoms with Crippen LogP contribution in [-0.2, 0) is 23.2 Å². The Balaban J connectivity index is 1.63. The van der Waals surface area contributed by atoms with Crippen molar-refractivity contribution < 1.29 is 4.74 Å². The van der Waals surface area contributed by atoms with Crippen LogP contribution in [-0.4, -0.2) is 29.8 Å². The van der Waals surface area contributed by atoms with Crippen LogP contribution in [0.1, 0.15) is 31.7 Å². The van der Waals surface area contributed by atoms with Gasteiger partial charge in [0.25, 0.3) is 0 Å². The summed E-state index contributed by atoms with van der Waals surface area (Å²) in [6.07, 6.45) is 5.11. The molecule has 124 valence electrons. The Morgan fingerprint density at radius 2 is 2.00 bits per heavy atom. The monoisotopic (exact) mass is 313 g/mol. The highest BCUT2D eigenvalue weighted by molar-refractivity contribution is 5.37. The molecule has 1 heterocycles. The molecule has 1 aliphatic rings. The van der Waals surface area contributed by atoms with Gasteiger partial charge in [0.2, 0.25) is 0 Å². The summed E-state index contributed by atoms with van der Waals surface area (Å²) in [4.78, 5) is 4.46. The van der Waals surface area contributed by atoms with Crippen LogP contribution in [0, 0.1) is 5.41 Å². The van der Waals surface area contributed by atoms with Crippen molar-refractivity contribution in [2.75, 3.05) is 20.3 Å². The minimum absolute atomic E-state index is 0.248. The molecule has 3 rings (SSSR count). The average molecular weight is 313 g/mol. The van der Waals surface area contributed by atoms with Crippen LogP contribution < -0.4 is 5.32 Å². The van der Waals surface area contributed by atoms with Crippen LogP contribution >= 0.6 is 0 Å². The summed E-state index contributed by atoms with van der Waals surface area (Å²) >= 11 is 0. The number of ether oxygens (including phenoxy) is 1. The number of rotatable bonds is 8. The van der Waals surface area contributed by atoms with E-state index in [-0.39, 0.29) is 5.41 Å². The molecule has 4 nitrogen and oxygen atoms in total. The van der Waals surface area contributed by atoms with Gasteiger partial charge in [0.1, 0.15) is 5.82 Å². The molecule has 0 bridgehead atoms. The van der Waals surface area contributed by atoms with Crippen LogP contribution in [0.2, 0.25) is 0 Å². The molecule has 1 atom stereocenters. The third-order valence-electron chi connectivity index (χ3n) is 5.29. The van der Waals surface area contributed by atoms with Gasteiger partial charge in [-0.1, -0.05) is 44.2 Å². The van der Waals surface area contributed by atoms with Crippen LogP contribution in [0.5, 0.6) is 0 Å². The Labute approximate surface area is 138 Å². The topological polar surface area (TPSA) is 39.1 Å². The maximum atomic E-state index is 5.15. The standard InChI is InChI=1S/C19H27N3O/c1-18(2)14-19(18,16-7-5-4-6-8-16)15-20-13-17-21-9-10-22(17)11-12-23-3/h4-10,20H,11-15H2,1-3H3. The van der Waals surface area contributed by atoms with Gasteiger partial charge in [-0.2, -0.15) is 0 Å². The summed E-state index contributed by atoms with van der Waals surface area (Å²) in [5.41, 5.74) is 2.05. The van der Waals surface area contributed by atoms with Gasteiger partial charge in [-0.3, -0.25) is 0 Å². The predicted octanol–water partition coefficient (Wildman–Crippen LogP) is 2.99. The van der Waals surface area contributed by atoms with Crippen molar-refractivity contribution in [1.29, 1.82) is 0 Å². The molecule has 0 amide bonds. The lowest BCUT2D eigenvalue weighted by Crippen LogP contribution is -2.31. The number of imidazole rings is 1. The molecule has 0 aliphatic heterocycles. The first-order chi connectivity index (χ1) is 11.1. The van der Waals surface area contributed by atoms with Crippen molar-refractivity contribution in [2.45, 2.75) is 38.8 Å². The van der Waals surface area contributed by atoms with E-state index in [1.165, 1.54) is 12.0 Å². The van der Waals surface area contributed by atoms with Gasteiger partial charge in [0.15, 0.2) is 0 Å². The fourth-order valence-corrected chi connectivity index (χ4v) is 3.65. The van der Waals surface area contributed by atoms with Crippen molar-refractivity contribution in [3.05, 3.63) is 54.1 Å². The Morgan fingerprint density at radius 3 is 2.65 bits per heavy atom. The first-order valence-electron chi connectivity index (χ1n) is 8.34. The third-order valence-corrected chi connectivity index (χ3v) is 5.29. The molecule has 2 aromatic rings. The second kappa shape index (κ2) is 6.46. The molecule has 0 radical (unpaired) electrons. The Kier molecular flexibility index (Phi) is 4.55. The average Bonchev–Trinajstić information content (AvgIpc) is 2.90. The van der Waals surface area contributed by atoms with E-state index in [2.05, 4.69) is 59.0 Å². The van der Waals surface area contributed by atoms with E-state index in [1.54, 1.807) is 7.11 Å². The highest BCUT2D eigenvalue weighted by atomic mass is 16.5. The van der Waals surface area contributed by atoms with E-state index in [4.69, 9.17) is 4.74 Å². The van der Waals surface area contributed by atoms with Crippen LogP contribution in [0.15, 0.2) is 42.7 Å². The number of hydrogen-bond acceptors (Lipinski definition) is 3. The third kappa shape index (κ3) is 3.19. The molecule has 0 spiro atoms. The summed E-state index contributed by atoms with van der Waals surface area (Å²) in [5, 5.41) is 3.64. The predicted molar refractivity (Wildman–Crippen MR) is 92.3 cm³/mol. The zero-order valence-corrected chi connectivity index (χ0v) is 14.4. The molecule has 1 unspecified atom stereocenters. The van der Waals surface area contributed by atoms with E-state index >= 15 is 0 Å². The molecular weight excluding hydrogens is 286 g/mol. The van der Waals surface area contributed by atoms with Crippen LogP contribution in [0.4, 0.5) is 0 Å².